The number of oxazole rings is 1. The predicted molar refractivity (Wildman–Crippen MR) is 112 cm³/mol. The molecule has 0 spiro atoms. The number of hydrogen-bond acceptors (Lipinski definition) is 5. The monoisotopic (exact) mass is 387 g/mol. The third-order valence-corrected chi connectivity index (χ3v) is 4.73. The minimum absolute atomic E-state index is 0.366. The van der Waals surface area contributed by atoms with E-state index in [0.29, 0.717) is 17.2 Å². The summed E-state index contributed by atoms with van der Waals surface area (Å²) in [6.07, 6.45) is 0. The lowest BCUT2D eigenvalue weighted by molar-refractivity contribution is -0.131. The van der Waals surface area contributed by atoms with Crippen LogP contribution in [0.25, 0.3) is 33.7 Å². The van der Waals surface area contributed by atoms with Crippen LogP contribution in [-0.2, 0) is 4.79 Å². The molecule has 0 aliphatic rings. The minimum atomic E-state index is -0.366. The summed E-state index contributed by atoms with van der Waals surface area (Å²) in [6, 6.07) is 17.3. The highest BCUT2D eigenvalue weighted by molar-refractivity contribution is 5.83. The van der Waals surface area contributed by atoms with Crippen LogP contribution in [0.4, 0.5) is 0 Å². The molecule has 3 aromatic carbocycles. The van der Waals surface area contributed by atoms with Crippen LogP contribution in [0.1, 0.15) is 18.1 Å². The number of ether oxygens (including phenoxy) is 2. The number of esters is 1. The third kappa shape index (κ3) is 3.72. The molecular weight excluding hydrogens is 366 g/mol. The van der Waals surface area contributed by atoms with E-state index in [2.05, 4.69) is 17.1 Å². The van der Waals surface area contributed by atoms with E-state index in [4.69, 9.17) is 13.9 Å². The number of rotatable bonds is 4. The zero-order valence-corrected chi connectivity index (χ0v) is 16.8. The second-order valence-electron chi connectivity index (χ2n) is 6.97. The Balaban J connectivity index is 1.73. The maximum atomic E-state index is 11.2. The van der Waals surface area contributed by atoms with E-state index < -0.39 is 0 Å². The Morgan fingerprint density at radius 1 is 0.931 bits per heavy atom. The first-order chi connectivity index (χ1) is 13.9. The van der Waals surface area contributed by atoms with Crippen molar-refractivity contribution in [2.75, 3.05) is 7.11 Å². The number of carbonyl (C=O) groups excluding carboxylic acids is 1. The molecule has 0 saturated heterocycles. The average Bonchev–Trinajstić information content (AvgIpc) is 3.11. The van der Waals surface area contributed by atoms with Gasteiger partial charge in [-0.15, -0.1) is 0 Å². The van der Waals surface area contributed by atoms with Gasteiger partial charge < -0.3 is 13.9 Å². The van der Waals surface area contributed by atoms with Crippen molar-refractivity contribution < 1.29 is 18.7 Å². The van der Waals surface area contributed by atoms with Gasteiger partial charge in [0.2, 0.25) is 5.89 Å². The van der Waals surface area contributed by atoms with Crippen LogP contribution in [0.2, 0.25) is 0 Å². The van der Waals surface area contributed by atoms with Gasteiger partial charge in [-0.1, -0.05) is 12.1 Å². The van der Waals surface area contributed by atoms with E-state index in [-0.39, 0.29) is 5.97 Å². The van der Waals surface area contributed by atoms with Crippen LogP contribution in [0, 0.1) is 13.8 Å². The molecule has 0 bridgehead atoms. The molecule has 5 heteroatoms. The van der Waals surface area contributed by atoms with Gasteiger partial charge in [-0.2, -0.15) is 0 Å². The predicted octanol–water partition coefficient (Wildman–Crippen LogP) is 5.71. The van der Waals surface area contributed by atoms with E-state index in [0.717, 1.165) is 39.1 Å². The number of hydrogen-bond donors (Lipinski definition) is 0. The Hall–Kier alpha value is -3.60. The molecule has 5 nitrogen and oxygen atoms in total. The first-order valence-electron chi connectivity index (χ1n) is 9.29. The molecule has 1 aromatic heterocycles. The summed E-state index contributed by atoms with van der Waals surface area (Å²) in [4.78, 5) is 15.8. The smallest absolute Gasteiger partial charge is 0.308 e. The van der Waals surface area contributed by atoms with Crippen molar-refractivity contribution in [3.8, 4) is 34.1 Å². The molecule has 29 heavy (non-hydrogen) atoms. The van der Waals surface area contributed by atoms with E-state index in [1.165, 1.54) is 6.92 Å². The van der Waals surface area contributed by atoms with E-state index in [1.54, 1.807) is 25.3 Å². The quantitative estimate of drug-likeness (QED) is 0.331. The lowest BCUT2D eigenvalue weighted by Crippen LogP contribution is -2.01. The lowest BCUT2D eigenvalue weighted by Gasteiger charge is -2.11. The fourth-order valence-electron chi connectivity index (χ4n) is 3.53. The summed E-state index contributed by atoms with van der Waals surface area (Å²) in [5.74, 6) is 1.48. The molecule has 0 N–H and O–H groups in total. The number of aryl methyl sites for hydroxylation is 2. The summed E-state index contributed by atoms with van der Waals surface area (Å²) in [5, 5.41) is 0. The van der Waals surface area contributed by atoms with Crippen molar-refractivity contribution in [1.82, 2.24) is 4.98 Å². The SMILES string of the molecule is COc1c(C)cc(-c2ccc3nc(-c4cccc(OC(C)=O)c4)oc3c2)cc1C. The van der Waals surface area contributed by atoms with Gasteiger partial charge in [-0.25, -0.2) is 4.98 Å². The van der Waals surface area contributed by atoms with Crippen molar-refractivity contribution in [3.63, 3.8) is 0 Å². The van der Waals surface area contributed by atoms with Crippen LogP contribution in [0.3, 0.4) is 0 Å². The van der Waals surface area contributed by atoms with Gasteiger partial charge in [0, 0.05) is 12.5 Å². The molecule has 0 saturated carbocycles. The van der Waals surface area contributed by atoms with Gasteiger partial charge in [0.15, 0.2) is 5.58 Å². The van der Waals surface area contributed by atoms with Crippen LogP contribution in [-0.4, -0.2) is 18.1 Å². The second-order valence-corrected chi connectivity index (χ2v) is 6.97. The third-order valence-electron chi connectivity index (χ3n) is 4.73. The number of aromatic nitrogens is 1. The van der Waals surface area contributed by atoms with Gasteiger partial charge in [0.25, 0.3) is 0 Å². The molecule has 4 aromatic rings. The van der Waals surface area contributed by atoms with Crippen molar-refractivity contribution in [3.05, 3.63) is 65.7 Å². The molecule has 0 fully saturated rings. The Morgan fingerprint density at radius 2 is 1.69 bits per heavy atom. The number of nitrogens with zero attached hydrogens (tertiary/aromatic N) is 1. The van der Waals surface area contributed by atoms with Crippen LogP contribution in [0.15, 0.2) is 59.0 Å². The molecule has 0 radical (unpaired) electrons. The van der Waals surface area contributed by atoms with Crippen LogP contribution in [0.5, 0.6) is 11.5 Å². The lowest BCUT2D eigenvalue weighted by atomic mass is 9.99. The highest BCUT2D eigenvalue weighted by Gasteiger charge is 2.12. The second kappa shape index (κ2) is 7.43. The van der Waals surface area contributed by atoms with Crippen molar-refractivity contribution in [1.29, 1.82) is 0 Å². The van der Waals surface area contributed by atoms with Gasteiger partial charge >= 0.3 is 5.97 Å². The van der Waals surface area contributed by atoms with Crippen LogP contribution >= 0.6 is 0 Å². The van der Waals surface area contributed by atoms with Gasteiger partial charge in [0.1, 0.15) is 17.0 Å². The van der Waals surface area contributed by atoms with Crippen molar-refractivity contribution >= 4 is 17.1 Å². The fourth-order valence-corrected chi connectivity index (χ4v) is 3.53. The van der Waals surface area contributed by atoms with Gasteiger partial charge in [-0.3, -0.25) is 4.79 Å². The Kier molecular flexibility index (Phi) is 4.80. The standard InChI is InChI=1S/C24H21NO4/c1-14-10-19(11-15(2)23(14)27-4)17-8-9-21-22(13-17)29-24(25-21)18-6-5-7-20(12-18)28-16(3)26/h5-13H,1-4H3. The Labute approximate surface area is 168 Å². The minimum Gasteiger partial charge on any atom is -0.496 e. The fraction of sp³-hybridized carbons (Fsp3) is 0.167. The van der Waals surface area contributed by atoms with Crippen molar-refractivity contribution in [2.24, 2.45) is 0 Å². The van der Waals surface area contributed by atoms with E-state index in [1.807, 2.05) is 38.1 Å². The molecule has 0 aliphatic carbocycles. The number of carbonyl (C=O) groups is 1. The van der Waals surface area contributed by atoms with E-state index in [9.17, 15) is 4.79 Å². The summed E-state index contributed by atoms with van der Waals surface area (Å²) in [6.45, 7) is 5.45. The number of benzene rings is 3. The Morgan fingerprint density at radius 3 is 2.38 bits per heavy atom. The summed E-state index contributed by atoms with van der Waals surface area (Å²) in [5.41, 5.74) is 6.52. The molecule has 1 heterocycles. The molecule has 0 aliphatic heterocycles. The number of methoxy groups -OCH3 is 1. The molecule has 0 amide bonds. The zero-order chi connectivity index (χ0) is 20.5. The maximum absolute atomic E-state index is 11.2. The van der Waals surface area contributed by atoms with Crippen LogP contribution < -0.4 is 9.47 Å². The molecule has 0 atom stereocenters. The number of fused-ring (bicyclic) bond motifs is 1. The molecule has 4 rings (SSSR count). The topological polar surface area (TPSA) is 61.6 Å². The molecular formula is C24H21NO4. The Bertz CT molecular complexity index is 1200. The highest BCUT2D eigenvalue weighted by atomic mass is 16.5. The summed E-state index contributed by atoms with van der Waals surface area (Å²) in [7, 11) is 1.69. The normalized spacial score (nSPS) is 10.9. The summed E-state index contributed by atoms with van der Waals surface area (Å²) < 4.78 is 16.6. The molecule has 0 unspecified atom stereocenters. The maximum Gasteiger partial charge on any atom is 0.308 e. The average molecular weight is 387 g/mol. The largest absolute Gasteiger partial charge is 0.496 e. The highest BCUT2D eigenvalue weighted by Crippen LogP contribution is 2.33. The molecule has 146 valence electrons. The van der Waals surface area contributed by atoms with Gasteiger partial charge in [-0.05, 0) is 78.6 Å². The first-order valence-corrected chi connectivity index (χ1v) is 9.29. The van der Waals surface area contributed by atoms with E-state index >= 15 is 0 Å². The van der Waals surface area contributed by atoms with Crippen molar-refractivity contribution in [2.45, 2.75) is 20.8 Å². The summed E-state index contributed by atoms with van der Waals surface area (Å²) >= 11 is 0. The van der Waals surface area contributed by atoms with Gasteiger partial charge in [0.05, 0.1) is 7.11 Å². The zero-order valence-electron chi connectivity index (χ0n) is 16.8. The first kappa shape index (κ1) is 18.7.